The number of nitrogen functional groups attached to an aromatic ring is 1. The molecule has 1 saturated heterocycles. The highest BCUT2D eigenvalue weighted by atomic mass is 16.2. The Balaban J connectivity index is 1.49. The number of pyridine rings is 1. The van der Waals surface area contributed by atoms with Crippen molar-refractivity contribution in [2.24, 2.45) is 0 Å². The van der Waals surface area contributed by atoms with Gasteiger partial charge in [0.25, 0.3) is 11.8 Å². The number of aryl methyl sites for hydroxylation is 1. The van der Waals surface area contributed by atoms with Gasteiger partial charge in [0.15, 0.2) is 0 Å². The third kappa shape index (κ3) is 4.25. The molecule has 0 radical (unpaired) electrons. The van der Waals surface area contributed by atoms with E-state index in [1.165, 1.54) is 0 Å². The number of carbonyl (C=O) groups excluding carboxylic acids is 2. The maximum atomic E-state index is 12.7. The molecular formula is C27H25N7O2. The number of hydrogen-bond donors (Lipinski definition) is 2. The van der Waals surface area contributed by atoms with Crippen molar-refractivity contribution in [2.75, 3.05) is 17.6 Å². The molecule has 9 nitrogen and oxygen atoms in total. The maximum absolute atomic E-state index is 12.7. The van der Waals surface area contributed by atoms with E-state index in [9.17, 15) is 9.59 Å². The van der Waals surface area contributed by atoms with E-state index in [4.69, 9.17) is 10.7 Å². The van der Waals surface area contributed by atoms with E-state index in [2.05, 4.69) is 27.1 Å². The van der Waals surface area contributed by atoms with Gasteiger partial charge in [-0.25, -0.2) is 15.0 Å². The summed E-state index contributed by atoms with van der Waals surface area (Å²) in [7, 11) is 0. The fourth-order valence-electron chi connectivity index (χ4n) is 4.49. The Bertz CT molecular complexity index is 1510. The summed E-state index contributed by atoms with van der Waals surface area (Å²) < 4.78 is 1.90. The van der Waals surface area contributed by atoms with Crippen LogP contribution in [0.1, 0.15) is 47.6 Å². The van der Waals surface area contributed by atoms with Gasteiger partial charge >= 0.3 is 0 Å². The van der Waals surface area contributed by atoms with Crippen molar-refractivity contribution in [3.63, 3.8) is 0 Å². The number of carbonyl (C=O) groups is 2. The van der Waals surface area contributed by atoms with Crippen LogP contribution in [-0.2, 0) is 4.79 Å². The lowest BCUT2D eigenvalue weighted by Gasteiger charge is -2.21. The van der Waals surface area contributed by atoms with Gasteiger partial charge in [-0.15, -0.1) is 0 Å². The normalized spacial score (nSPS) is 14.9. The second kappa shape index (κ2) is 9.50. The van der Waals surface area contributed by atoms with E-state index < -0.39 is 0 Å². The van der Waals surface area contributed by atoms with Gasteiger partial charge in [-0.05, 0) is 56.4 Å². The van der Waals surface area contributed by atoms with E-state index in [0.717, 1.165) is 24.0 Å². The molecule has 4 aromatic rings. The van der Waals surface area contributed by atoms with E-state index >= 15 is 0 Å². The Hall–Kier alpha value is -4.71. The molecule has 5 rings (SSSR count). The molecule has 1 fully saturated rings. The maximum Gasteiger partial charge on any atom is 0.299 e. The highest BCUT2D eigenvalue weighted by Crippen LogP contribution is 2.36. The van der Waals surface area contributed by atoms with Crippen molar-refractivity contribution in [2.45, 2.75) is 32.7 Å². The first kappa shape index (κ1) is 23.1. The van der Waals surface area contributed by atoms with Gasteiger partial charge in [0.1, 0.15) is 28.7 Å². The predicted molar refractivity (Wildman–Crippen MR) is 137 cm³/mol. The summed E-state index contributed by atoms with van der Waals surface area (Å²) in [6.07, 6.45) is 6.78. The van der Waals surface area contributed by atoms with E-state index in [1.54, 1.807) is 48.6 Å². The largest absolute Gasteiger partial charge is 0.382 e. The third-order valence-electron chi connectivity index (χ3n) is 6.23. The molecule has 1 aromatic carbocycles. The lowest BCUT2D eigenvalue weighted by Crippen LogP contribution is -2.30. The first-order valence-corrected chi connectivity index (χ1v) is 11.7. The smallest absolute Gasteiger partial charge is 0.299 e. The Morgan fingerprint density at radius 3 is 2.67 bits per heavy atom. The molecule has 4 heterocycles. The van der Waals surface area contributed by atoms with Gasteiger partial charge in [0.2, 0.25) is 0 Å². The van der Waals surface area contributed by atoms with Crippen molar-refractivity contribution < 1.29 is 9.59 Å². The molecule has 180 valence electrons. The molecule has 9 heteroatoms. The average Bonchev–Trinajstić information content (AvgIpc) is 3.51. The minimum atomic E-state index is -0.258. The number of hydrogen-bond acceptors (Lipinski definition) is 6. The molecule has 0 aliphatic carbocycles. The molecule has 3 aromatic heterocycles. The van der Waals surface area contributed by atoms with Crippen LogP contribution in [0.2, 0.25) is 0 Å². The number of imidazole rings is 1. The van der Waals surface area contributed by atoms with Crippen LogP contribution in [-0.4, -0.2) is 42.6 Å². The number of nitrogens with zero attached hydrogens (tertiary/aromatic N) is 5. The topological polar surface area (TPSA) is 119 Å². The molecule has 1 unspecified atom stereocenters. The Morgan fingerprint density at radius 2 is 1.94 bits per heavy atom. The fraction of sp³-hybridized carbons (Fsp3) is 0.222. The lowest BCUT2D eigenvalue weighted by atomic mass is 10.1. The van der Waals surface area contributed by atoms with Crippen molar-refractivity contribution in [3.05, 3.63) is 71.9 Å². The molecule has 0 spiro atoms. The summed E-state index contributed by atoms with van der Waals surface area (Å²) in [5.74, 6) is 6.40. The van der Waals surface area contributed by atoms with Crippen LogP contribution in [0.25, 0.3) is 16.8 Å². The summed E-state index contributed by atoms with van der Waals surface area (Å²) >= 11 is 0. The van der Waals surface area contributed by atoms with Crippen molar-refractivity contribution >= 4 is 29.0 Å². The minimum Gasteiger partial charge on any atom is -0.382 e. The monoisotopic (exact) mass is 479 g/mol. The highest BCUT2D eigenvalue weighted by molar-refractivity contribution is 6.04. The van der Waals surface area contributed by atoms with Gasteiger partial charge < -0.3 is 16.0 Å². The average molecular weight is 480 g/mol. The van der Waals surface area contributed by atoms with Crippen molar-refractivity contribution in [1.29, 1.82) is 0 Å². The van der Waals surface area contributed by atoms with Gasteiger partial charge in [-0.1, -0.05) is 24.1 Å². The number of rotatable bonds is 4. The van der Waals surface area contributed by atoms with Crippen LogP contribution in [0.3, 0.4) is 0 Å². The lowest BCUT2D eigenvalue weighted by molar-refractivity contribution is -0.126. The van der Waals surface area contributed by atoms with Crippen LogP contribution >= 0.6 is 0 Å². The molecule has 2 amide bonds. The summed E-state index contributed by atoms with van der Waals surface area (Å²) in [4.78, 5) is 40.5. The van der Waals surface area contributed by atoms with E-state index in [0.29, 0.717) is 40.8 Å². The van der Waals surface area contributed by atoms with Crippen LogP contribution in [0.4, 0.5) is 11.6 Å². The van der Waals surface area contributed by atoms with Gasteiger partial charge in [0.05, 0.1) is 6.04 Å². The van der Waals surface area contributed by atoms with Crippen LogP contribution < -0.4 is 11.1 Å². The standard InChI is InChI=1S/C27H25N7O2/c1-3-5-22(35)33-14-4-6-20(33)26-32-23(24-25(28)29-13-15-34(24)26)18-8-10-19(11-9-18)27(36)31-21-12-7-17(2)16-30-21/h7-13,15-16,20H,4,6,14H2,1-2H3,(H2,28,29)(H,30,31,36). The van der Waals surface area contributed by atoms with Crippen LogP contribution in [0, 0.1) is 18.8 Å². The fourth-order valence-corrected chi connectivity index (χ4v) is 4.49. The molecule has 1 aliphatic heterocycles. The second-order valence-corrected chi connectivity index (χ2v) is 8.63. The zero-order valence-corrected chi connectivity index (χ0v) is 20.0. The Morgan fingerprint density at radius 1 is 1.14 bits per heavy atom. The van der Waals surface area contributed by atoms with Gasteiger partial charge in [-0.3, -0.25) is 14.0 Å². The zero-order chi connectivity index (χ0) is 25.2. The molecule has 1 atom stereocenters. The summed E-state index contributed by atoms with van der Waals surface area (Å²) in [6, 6.07) is 10.6. The van der Waals surface area contributed by atoms with Crippen LogP contribution in [0.15, 0.2) is 55.0 Å². The number of anilines is 2. The zero-order valence-electron chi connectivity index (χ0n) is 20.0. The van der Waals surface area contributed by atoms with Gasteiger partial charge in [-0.2, -0.15) is 0 Å². The van der Waals surface area contributed by atoms with E-state index in [-0.39, 0.29) is 17.9 Å². The number of amides is 2. The summed E-state index contributed by atoms with van der Waals surface area (Å²) in [5, 5.41) is 2.80. The Labute approximate surface area is 208 Å². The van der Waals surface area contributed by atoms with Gasteiger partial charge in [0, 0.05) is 36.3 Å². The molecule has 0 bridgehead atoms. The number of benzene rings is 1. The Kier molecular flexibility index (Phi) is 6.09. The SMILES string of the molecule is CC#CC(=O)N1CCCC1c1nc(-c2ccc(C(=O)Nc3ccc(C)cn3)cc2)c2c(N)nccn12. The number of nitrogens with one attached hydrogen (secondary N) is 1. The third-order valence-corrected chi connectivity index (χ3v) is 6.23. The van der Waals surface area contributed by atoms with Crippen LogP contribution in [0.5, 0.6) is 0 Å². The van der Waals surface area contributed by atoms with Crippen molar-refractivity contribution in [3.8, 4) is 23.1 Å². The summed E-state index contributed by atoms with van der Waals surface area (Å²) in [5.41, 5.74) is 9.87. The number of fused-ring (bicyclic) bond motifs is 1. The second-order valence-electron chi connectivity index (χ2n) is 8.63. The quantitative estimate of drug-likeness (QED) is 0.432. The van der Waals surface area contributed by atoms with E-state index in [1.807, 2.05) is 29.5 Å². The molecule has 1 aliphatic rings. The molecule has 36 heavy (non-hydrogen) atoms. The number of likely N-dealkylation sites (tertiary alicyclic amines) is 1. The molecule has 3 N–H and O–H groups in total. The molecule has 0 saturated carbocycles. The number of nitrogens with two attached hydrogens (primary N) is 1. The van der Waals surface area contributed by atoms with Crippen molar-refractivity contribution in [1.82, 2.24) is 24.3 Å². The predicted octanol–water partition coefficient (Wildman–Crippen LogP) is 3.62. The first-order valence-electron chi connectivity index (χ1n) is 11.7. The number of aromatic nitrogens is 4. The molecular weight excluding hydrogens is 454 g/mol. The summed E-state index contributed by atoms with van der Waals surface area (Å²) in [6.45, 7) is 4.22. The minimum absolute atomic E-state index is 0.209. The first-order chi connectivity index (χ1) is 17.5. The highest BCUT2D eigenvalue weighted by Gasteiger charge is 2.33.